The van der Waals surface area contributed by atoms with Gasteiger partial charge in [0, 0.05) is 6.42 Å². The zero-order valence-electron chi connectivity index (χ0n) is 8.98. The summed E-state index contributed by atoms with van der Waals surface area (Å²) in [6, 6.07) is 0. The van der Waals surface area contributed by atoms with Crippen LogP contribution in [0, 0.1) is 0 Å². The second kappa shape index (κ2) is 6.33. The average Bonchev–Trinajstić information content (AvgIpc) is 2.09. The molecule has 0 aliphatic rings. The van der Waals surface area contributed by atoms with Crippen molar-refractivity contribution in [2.75, 3.05) is 0 Å². The average molecular weight is 228 g/mol. The van der Waals surface area contributed by atoms with Crippen molar-refractivity contribution in [1.82, 2.24) is 0 Å². The minimum absolute atomic E-state index is 0.191. The molecule has 0 heterocycles. The van der Waals surface area contributed by atoms with Crippen molar-refractivity contribution in [3.8, 4) is 0 Å². The van der Waals surface area contributed by atoms with E-state index in [9.17, 15) is 13.2 Å². The lowest BCUT2D eigenvalue weighted by Crippen LogP contribution is -2.44. The normalized spacial score (nSPS) is 13.2. The minimum Gasteiger partial charge on any atom is -0.359 e. The predicted molar refractivity (Wildman–Crippen MR) is 51.2 cm³/mol. The van der Waals surface area contributed by atoms with Crippen LogP contribution in [0.2, 0.25) is 0 Å². The maximum absolute atomic E-state index is 12.0. The monoisotopic (exact) mass is 228 g/mol. The highest BCUT2D eigenvalue weighted by atomic mass is 19.4. The van der Waals surface area contributed by atoms with Crippen molar-refractivity contribution >= 4 is 0 Å². The number of alkyl halides is 3. The highest BCUT2D eigenvalue weighted by molar-refractivity contribution is 4.73. The first kappa shape index (κ1) is 14.7. The third-order valence-electron chi connectivity index (χ3n) is 2.33. The summed E-state index contributed by atoms with van der Waals surface area (Å²) >= 11 is 0. The molecule has 0 aromatic carbocycles. The van der Waals surface area contributed by atoms with Gasteiger partial charge >= 0.3 is 6.18 Å². The van der Waals surface area contributed by atoms with Crippen LogP contribution in [0.4, 0.5) is 13.2 Å². The SMILES string of the molecule is CCCCCCCCC(O)(O)C(F)(F)F. The van der Waals surface area contributed by atoms with Crippen molar-refractivity contribution in [3.05, 3.63) is 0 Å². The summed E-state index contributed by atoms with van der Waals surface area (Å²) in [5, 5.41) is 17.4. The number of unbranched alkanes of at least 4 members (excludes halogenated alkanes) is 5. The molecule has 0 rings (SSSR count). The van der Waals surface area contributed by atoms with E-state index in [4.69, 9.17) is 10.2 Å². The van der Waals surface area contributed by atoms with Gasteiger partial charge in [-0.3, -0.25) is 0 Å². The maximum Gasteiger partial charge on any atom is 0.442 e. The topological polar surface area (TPSA) is 40.5 Å². The predicted octanol–water partition coefficient (Wildman–Crippen LogP) is 2.98. The molecule has 0 unspecified atom stereocenters. The molecular formula is C10H19F3O2. The second-order valence-corrected chi connectivity index (χ2v) is 3.83. The summed E-state index contributed by atoms with van der Waals surface area (Å²) in [4.78, 5) is 0. The van der Waals surface area contributed by atoms with Crippen LogP contribution in [0.1, 0.15) is 51.9 Å². The molecule has 0 radical (unpaired) electrons. The lowest BCUT2D eigenvalue weighted by Gasteiger charge is -2.24. The first-order valence-electron chi connectivity index (χ1n) is 5.32. The Morgan fingerprint density at radius 1 is 0.867 bits per heavy atom. The minimum atomic E-state index is -4.95. The third kappa shape index (κ3) is 5.99. The molecule has 0 aliphatic carbocycles. The van der Waals surface area contributed by atoms with Crippen molar-refractivity contribution in [3.63, 3.8) is 0 Å². The fraction of sp³-hybridized carbons (Fsp3) is 1.00. The van der Waals surface area contributed by atoms with Gasteiger partial charge in [0.05, 0.1) is 0 Å². The van der Waals surface area contributed by atoms with E-state index in [2.05, 4.69) is 6.92 Å². The number of hydrogen-bond acceptors (Lipinski definition) is 2. The Labute approximate surface area is 88.1 Å². The molecule has 0 saturated heterocycles. The maximum atomic E-state index is 12.0. The number of rotatable bonds is 7. The van der Waals surface area contributed by atoms with Gasteiger partial charge in [-0.05, 0) is 6.42 Å². The lowest BCUT2D eigenvalue weighted by atomic mass is 10.0. The molecule has 15 heavy (non-hydrogen) atoms. The Hall–Kier alpha value is -0.290. The van der Waals surface area contributed by atoms with Crippen LogP contribution in [0.5, 0.6) is 0 Å². The van der Waals surface area contributed by atoms with Crippen LogP contribution < -0.4 is 0 Å². The highest BCUT2D eigenvalue weighted by Gasteiger charge is 2.51. The zero-order chi connectivity index (χ0) is 11.9. The molecule has 0 spiro atoms. The van der Waals surface area contributed by atoms with Gasteiger partial charge in [-0.1, -0.05) is 39.0 Å². The van der Waals surface area contributed by atoms with E-state index >= 15 is 0 Å². The van der Waals surface area contributed by atoms with Crippen molar-refractivity contribution < 1.29 is 23.4 Å². The number of aliphatic hydroxyl groups is 2. The lowest BCUT2D eigenvalue weighted by molar-refractivity contribution is -0.351. The van der Waals surface area contributed by atoms with Crippen molar-refractivity contribution in [1.29, 1.82) is 0 Å². The van der Waals surface area contributed by atoms with Gasteiger partial charge in [0.2, 0.25) is 0 Å². The second-order valence-electron chi connectivity index (χ2n) is 3.83. The molecule has 0 aliphatic heterocycles. The van der Waals surface area contributed by atoms with E-state index in [0.717, 1.165) is 25.7 Å². The molecule has 0 aromatic heterocycles. The molecule has 2 N–H and O–H groups in total. The van der Waals surface area contributed by atoms with Gasteiger partial charge in [0.25, 0.3) is 5.79 Å². The van der Waals surface area contributed by atoms with Crippen LogP contribution in [0.15, 0.2) is 0 Å². The Bertz CT molecular complexity index is 167. The molecule has 2 nitrogen and oxygen atoms in total. The standard InChI is InChI=1S/C10H19F3O2/c1-2-3-4-5-6-7-8-9(14,15)10(11,12)13/h14-15H,2-8H2,1H3. The van der Waals surface area contributed by atoms with E-state index in [1.807, 2.05) is 0 Å². The van der Waals surface area contributed by atoms with Crippen molar-refractivity contribution in [2.45, 2.75) is 63.8 Å². The largest absolute Gasteiger partial charge is 0.442 e. The van der Waals surface area contributed by atoms with Crippen molar-refractivity contribution in [2.24, 2.45) is 0 Å². The van der Waals surface area contributed by atoms with Crippen LogP contribution in [0.3, 0.4) is 0 Å². The fourth-order valence-electron chi connectivity index (χ4n) is 1.29. The molecule has 0 atom stereocenters. The zero-order valence-corrected chi connectivity index (χ0v) is 8.98. The van der Waals surface area contributed by atoms with E-state index in [1.54, 1.807) is 0 Å². The first-order chi connectivity index (χ1) is 6.81. The van der Waals surface area contributed by atoms with Crippen LogP contribution in [-0.4, -0.2) is 22.2 Å². The molecule has 0 amide bonds. The van der Waals surface area contributed by atoms with Gasteiger partial charge in [-0.25, -0.2) is 0 Å². The van der Waals surface area contributed by atoms with Gasteiger partial charge in [0.15, 0.2) is 0 Å². The summed E-state index contributed by atoms with van der Waals surface area (Å²) in [6.45, 7) is 2.05. The first-order valence-corrected chi connectivity index (χ1v) is 5.32. The summed E-state index contributed by atoms with van der Waals surface area (Å²) < 4.78 is 35.9. The summed E-state index contributed by atoms with van der Waals surface area (Å²) in [7, 11) is 0. The van der Waals surface area contributed by atoms with E-state index in [1.165, 1.54) is 0 Å². The molecular weight excluding hydrogens is 209 g/mol. The van der Waals surface area contributed by atoms with Gasteiger partial charge in [-0.15, -0.1) is 0 Å². The fourth-order valence-corrected chi connectivity index (χ4v) is 1.29. The number of hydrogen-bond donors (Lipinski definition) is 2. The van der Waals surface area contributed by atoms with Gasteiger partial charge in [-0.2, -0.15) is 13.2 Å². The summed E-state index contributed by atoms with van der Waals surface area (Å²) in [5.41, 5.74) is 0. The molecule has 0 saturated carbocycles. The van der Waals surface area contributed by atoms with Gasteiger partial charge in [0.1, 0.15) is 0 Å². The van der Waals surface area contributed by atoms with Crippen LogP contribution >= 0.6 is 0 Å². The highest BCUT2D eigenvalue weighted by Crippen LogP contribution is 2.32. The Morgan fingerprint density at radius 3 is 1.80 bits per heavy atom. The summed E-state index contributed by atoms with van der Waals surface area (Å²) in [5.74, 6) is -3.52. The molecule has 0 fully saturated rings. The Kier molecular flexibility index (Phi) is 6.20. The van der Waals surface area contributed by atoms with Gasteiger partial charge < -0.3 is 10.2 Å². The quantitative estimate of drug-likeness (QED) is 0.519. The smallest absolute Gasteiger partial charge is 0.359 e. The summed E-state index contributed by atoms with van der Waals surface area (Å²) in [6.07, 6.45) is -0.794. The Balaban J connectivity index is 3.58. The molecule has 92 valence electrons. The third-order valence-corrected chi connectivity index (χ3v) is 2.33. The Morgan fingerprint density at radius 2 is 1.33 bits per heavy atom. The van der Waals surface area contributed by atoms with E-state index < -0.39 is 18.4 Å². The molecule has 0 aromatic rings. The molecule has 5 heteroatoms. The molecule has 0 bridgehead atoms. The van der Waals surface area contributed by atoms with Crippen LogP contribution in [0.25, 0.3) is 0 Å². The van der Waals surface area contributed by atoms with E-state index in [-0.39, 0.29) is 6.42 Å². The van der Waals surface area contributed by atoms with Crippen LogP contribution in [-0.2, 0) is 0 Å². The van der Waals surface area contributed by atoms with E-state index in [0.29, 0.717) is 6.42 Å². The number of halogens is 3.